The van der Waals surface area contributed by atoms with Crippen LogP contribution in [0.4, 0.5) is 5.82 Å². The van der Waals surface area contributed by atoms with E-state index in [0.29, 0.717) is 4.47 Å². The van der Waals surface area contributed by atoms with E-state index in [1.165, 1.54) is 10.9 Å². The topological polar surface area (TPSA) is 81.2 Å². The Hall–Kier alpha value is -0.950. The molecule has 0 aliphatic carbocycles. The van der Waals surface area contributed by atoms with Gasteiger partial charge in [-0.25, -0.2) is 0 Å². The Balaban J connectivity index is 2.92. The first-order chi connectivity index (χ1) is 5.65. The Morgan fingerprint density at radius 2 is 2.50 bits per heavy atom. The Kier molecular flexibility index (Phi) is 2.77. The predicted octanol–water partition coefficient (Wildman–Crippen LogP) is 0.546. The molecule has 0 spiro atoms. The van der Waals surface area contributed by atoms with Crippen LogP contribution in [0.25, 0.3) is 0 Å². The maximum Gasteiger partial charge on any atom is 0.404 e. The highest BCUT2D eigenvalue weighted by Crippen LogP contribution is 2.21. The van der Waals surface area contributed by atoms with Crippen LogP contribution in [0.2, 0.25) is 0 Å². The number of aliphatic hydroxyl groups is 1. The third-order valence-corrected chi connectivity index (χ3v) is 1.76. The van der Waals surface area contributed by atoms with Gasteiger partial charge in [-0.3, -0.25) is 0 Å². The quantitative estimate of drug-likeness (QED) is 0.613. The van der Waals surface area contributed by atoms with Gasteiger partial charge in [0.25, 0.3) is 0 Å². The van der Waals surface area contributed by atoms with Gasteiger partial charge in [0, 0.05) is 0 Å². The monoisotopic (exact) mass is 235 g/mol. The number of hydrogen-bond donors (Lipinski definition) is 1. The molecule has 0 bridgehead atoms. The molecule has 0 amide bonds. The molecule has 0 saturated carbocycles. The maximum absolute atomic E-state index is 10.3. The van der Waals surface area contributed by atoms with Crippen molar-refractivity contribution < 1.29 is 10.0 Å². The molecule has 1 aromatic rings. The van der Waals surface area contributed by atoms with Crippen molar-refractivity contribution in [3.8, 4) is 0 Å². The molecule has 1 aromatic heterocycles. The molecule has 0 radical (unpaired) electrons. The molecule has 0 saturated heterocycles. The summed E-state index contributed by atoms with van der Waals surface area (Å²) < 4.78 is 1.63. The van der Waals surface area contributed by atoms with Gasteiger partial charge in [0.2, 0.25) is 0 Å². The van der Waals surface area contributed by atoms with E-state index in [-0.39, 0.29) is 19.0 Å². The smallest absolute Gasteiger partial charge is 0.394 e. The number of hydrogen-bond acceptors (Lipinski definition) is 4. The second-order valence-corrected chi connectivity index (χ2v) is 2.90. The first-order valence-corrected chi connectivity index (χ1v) is 3.92. The van der Waals surface area contributed by atoms with E-state index < -0.39 is 4.92 Å². The molecule has 1 N–H and O–H groups in total. The molecule has 0 aliphatic heterocycles. The molecule has 66 valence electrons. The van der Waals surface area contributed by atoms with Gasteiger partial charge in [-0.2, -0.15) is 4.68 Å². The zero-order valence-electron chi connectivity index (χ0n) is 5.97. The fourth-order valence-corrected chi connectivity index (χ4v) is 1.19. The van der Waals surface area contributed by atoms with Crippen LogP contribution in [0.3, 0.4) is 0 Å². The van der Waals surface area contributed by atoms with Crippen LogP contribution in [0.1, 0.15) is 0 Å². The summed E-state index contributed by atoms with van der Waals surface area (Å²) in [5.74, 6) is -0.233. The number of aliphatic hydroxyl groups excluding tert-OH is 1. The van der Waals surface area contributed by atoms with Crippen molar-refractivity contribution >= 4 is 21.7 Å². The van der Waals surface area contributed by atoms with E-state index in [1.54, 1.807) is 0 Å². The van der Waals surface area contributed by atoms with Crippen molar-refractivity contribution in [1.82, 2.24) is 9.78 Å². The van der Waals surface area contributed by atoms with E-state index in [9.17, 15) is 10.1 Å². The Morgan fingerprint density at radius 3 is 2.92 bits per heavy atom. The maximum atomic E-state index is 10.3. The summed E-state index contributed by atoms with van der Waals surface area (Å²) in [5.41, 5.74) is 0. The molecule has 0 aromatic carbocycles. The third-order valence-electron chi connectivity index (χ3n) is 1.20. The lowest BCUT2D eigenvalue weighted by Gasteiger charge is -1.87. The van der Waals surface area contributed by atoms with Crippen LogP contribution in [0, 0.1) is 10.1 Å². The number of nitro groups is 1. The van der Waals surface area contributed by atoms with Crippen molar-refractivity contribution in [3.05, 3.63) is 20.8 Å². The molecule has 7 heteroatoms. The SMILES string of the molecule is O=[N+]([O-])c1nn(CCO)cc1Br. The van der Waals surface area contributed by atoms with Crippen LogP contribution in [-0.2, 0) is 6.54 Å². The lowest BCUT2D eigenvalue weighted by Crippen LogP contribution is -2.02. The first kappa shape index (κ1) is 9.14. The van der Waals surface area contributed by atoms with E-state index in [2.05, 4.69) is 21.0 Å². The second kappa shape index (κ2) is 3.63. The van der Waals surface area contributed by atoms with Gasteiger partial charge in [0.15, 0.2) is 0 Å². The fourth-order valence-electron chi connectivity index (χ4n) is 0.728. The summed E-state index contributed by atoms with van der Waals surface area (Å²) in [4.78, 5) is 9.69. The minimum absolute atomic E-state index is 0.0920. The summed E-state index contributed by atoms with van der Waals surface area (Å²) in [7, 11) is 0. The minimum Gasteiger partial charge on any atom is -0.394 e. The fraction of sp³-hybridized carbons (Fsp3) is 0.400. The lowest BCUT2D eigenvalue weighted by atomic mass is 10.6. The molecule has 12 heavy (non-hydrogen) atoms. The highest BCUT2D eigenvalue weighted by molar-refractivity contribution is 9.10. The van der Waals surface area contributed by atoms with Gasteiger partial charge in [-0.05, 0) is 20.9 Å². The van der Waals surface area contributed by atoms with Gasteiger partial charge in [-0.15, -0.1) is 0 Å². The standard InChI is InChI=1S/C5H6BrN3O3/c6-4-3-8(1-2-10)7-5(4)9(11)12/h3,10H,1-2H2. The van der Waals surface area contributed by atoms with Crippen LogP contribution in [-0.4, -0.2) is 26.4 Å². The largest absolute Gasteiger partial charge is 0.404 e. The van der Waals surface area contributed by atoms with Crippen LogP contribution in [0.5, 0.6) is 0 Å². The summed E-state index contributed by atoms with van der Waals surface area (Å²) in [6.45, 7) is 0.164. The summed E-state index contributed by atoms with van der Waals surface area (Å²) >= 11 is 2.98. The summed E-state index contributed by atoms with van der Waals surface area (Å²) in [5, 5.41) is 22.4. The van der Waals surface area contributed by atoms with Gasteiger partial charge in [0.05, 0.1) is 24.4 Å². The van der Waals surface area contributed by atoms with Crippen molar-refractivity contribution in [2.24, 2.45) is 0 Å². The molecule has 0 unspecified atom stereocenters. The van der Waals surface area contributed by atoms with E-state index in [1.807, 2.05) is 0 Å². The van der Waals surface area contributed by atoms with Crippen LogP contribution in [0.15, 0.2) is 10.7 Å². The zero-order valence-corrected chi connectivity index (χ0v) is 7.56. The predicted molar refractivity (Wildman–Crippen MR) is 43.7 cm³/mol. The van der Waals surface area contributed by atoms with E-state index in [4.69, 9.17) is 5.11 Å². The molecule has 1 rings (SSSR count). The number of halogens is 1. The number of aromatic nitrogens is 2. The summed E-state index contributed by atoms with van der Waals surface area (Å²) in [6.07, 6.45) is 1.45. The Labute approximate surface area is 76.1 Å². The van der Waals surface area contributed by atoms with E-state index in [0.717, 1.165) is 0 Å². The van der Waals surface area contributed by atoms with Crippen molar-refractivity contribution in [2.45, 2.75) is 6.54 Å². The summed E-state index contributed by atoms with van der Waals surface area (Å²) in [6, 6.07) is 0. The molecule has 0 fully saturated rings. The first-order valence-electron chi connectivity index (χ1n) is 3.13. The minimum atomic E-state index is -0.585. The van der Waals surface area contributed by atoms with Gasteiger partial charge in [0.1, 0.15) is 4.47 Å². The highest BCUT2D eigenvalue weighted by atomic mass is 79.9. The molecule has 0 atom stereocenters. The molecule has 0 aliphatic rings. The highest BCUT2D eigenvalue weighted by Gasteiger charge is 2.17. The zero-order chi connectivity index (χ0) is 9.14. The average molecular weight is 236 g/mol. The second-order valence-electron chi connectivity index (χ2n) is 2.04. The lowest BCUT2D eigenvalue weighted by molar-refractivity contribution is -0.390. The van der Waals surface area contributed by atoms with Gasteiger partial charge < -0.3 is 15.2 Å². The van der Waals surface area contributed by atoms with Crippen molar-refractivity contribution in [2.75, 3.05) is 6.61 Å². The van der Waals surface area contributed by atoms with Gasteiger partial charge >= 0.3 is 5.82 Å². The molecule has 1 heterocycles. The molecular weight excluding hydrogens is 230 g/mol. The normalized spacial score (nSPS) is 10.2. The third kappa shape index (κ3) is 1.80. The van der Waals surface area contributed by atoms with Crippen LogP contribution < -0.4 is 0 Å². The average Bonchev–Trinajstić information content (AvgIpc) is 2.32. The molecular formula is C5H6BrN3O3. The van der Waals surface area contributed by atoms with Crippen LogP contribution >= 0.6 is 15.9 Å². The number of rotatable bonds is 3. The molecule has 6 nitrogen and oxygen atoms in total. The van der Waals surface area contributed by atoms with Crippen molar-refractivity contribution in [3.63, 3.8) is 0 Å². The van der Waals surface area contributed by atoms with Gasteiger partial charge in [-0.1, -0.05) is 0 Å². The van der Waals surface area contributed by atoms with E-state index >= 15 is 0 Å². The Bertz CT molecular complexity index is 298. The van der Waals surface area contributed by atoms with Crippen molar-refractivity contribution in [1.29, 1.82) is 0 Å². The number of nitrogens with zero attached hydrogens (tertiary/aromatic N) is 3. The Morgan fingerprint density at radius 1 is 1.83 bits per heavy atom.